The molecule has 88 valence electrons. The van der Waals surface area contributed by atoms with Gasteiger partial charge in [-0.2, -0.15) is 0 Å². The van der Waals surface area contributed by atoms with Gasteiger partial charge in [0.05, 0.1) is 0 Å². The van der Waals surface area contributed by atoms with E-state index in [1.54, 1.807) is 0 Å². The molecule has 3 heteroatoms. The Hall–Kier alpha value is -0.930. The van der Waals surface area contributed by atoms with Crippen LogP contribution in [-0.2, 0) is 0 Å². The summed E-state index contributed by atoms with van der Waals surface area (Å²) in [5.41, 5.74) is 7.53. The van der Waals surface area contributed by atoms with Crippen molar-refractivity contribution in [1.82, 2.24) is 10.3 Å². The molecule has 0 bridgehead atoms. The van der Waals surface area contributed by atoms with Crippen molar-refractivity contribution in [2.75, 3.05) is 13.1 Å². The van der Waals surface area contributed by atoms with E-state index in [9.17, 15) is 0 Å². The van der Waals surface area contributed by atoms with Gasteiger partial charge in [-0.25, -0.2) is 0 Å². The van der Waals surface area contributed by atoms with Crippen LogP contribution >= 0.6 is 0 Å². The molecule has 1 aliphatic heterocycles. The van der Waals surface area contributed by atoms with E-state index >= 15 is 0 Å². The van der Waals surface area contributed by atoms with Crippen LogP contribution in [0.1, 0.15) is 31.4 Å². The molecule has 0 aliphatic carbocycles. The van der Waals surface area contributed by atoms with Crippen LogP contribution in [0.4, 0.5) is 0 Å². The molecule has 1 saturated heterocycles. The Morgan fingerprint density at radius 1 is 1.31 bits per heavy atom. The van der Waals surface area contributed by atoms with Crippen LogP contribution in [-0.4, -0.2) is 18.1 Å². The van der Waals surface area contributed by atoms with Gasteiger partial charge in [0.25, 0.3) is 0 Å². The Labute approximate surface area is 97.5 Å². The largest absolute Gasteiger partial charge is 0.324 e. The lowest BCUT2D eigenvalue weighted by Crippen LogP contribution is -2.34. The molecule has 1 aromatic heterocycles. The molecule has 0 radical (unpaired) electrons. The average molecular weight is 219 g/mol. The highest BCUT2D eigenvalue weighted by Gasteiger charge is 2.25. The lowest BCUT2D eigenvalue weighted by atomic mass is 9.80. The predicted octanol–water partition coefficient (Wildman–Crippen LogP) is 1.72. The average Bonchev–Trinajstić information content (AvgIpc) is 2.39. The van der Waals surface area contributed by atoms with Gasteiger partial charge in [-0.3, -0.25) is 4.98 Å². The van der Waals surface area contributed by atoms with Gasteiger partial charge in [0.15, 0.2) is 0 Å². The summed E-state index contributed by atoms with van der Waals surface area (Å²) < 4.78 is 0. The highest BCUT2D eigenvalue weighted by atomic mass is 14.9. The second kappa shape index (κ2) is 5.41. The fourth-order valence-electron chi connectivity index (χ4n) is 2.55. The minimum absolute atomic E-state index is 0.145. The molecule has 3 nitrogen and oxygen atoms in total. The van der Waals surface area contributed by atoms with Crippen molar-refractivity contribution in [1.29, 1.82) is 0 Å². The molecule has 0 amide bonds. The first-order valence-electron chi connectivity index (χ1n) is 6.15. The summed E-state index contributed by atoms with van der Waals surface area (Å²) in [6.45, 7) is 4.55. The number of piperidine rings is 1. The number of rotatable bonds is 3. The van der Waals surface area contributed by atoms with Gasteiger partial charge in [-0.1, -0.05) is 6.92 Å². The second-order valence-corrected chi connectivity index (χ2v) is 4.75. The minimum Gasteiger partial charge on any atom is -0.324 e. The van der Waals surface area contributed by atoms with Crippen LogP contribution in [0.15, 0.2) is 24.5 Å². The van der Waals surface area contributed by atoms with E-state index in [0.29, 0.717) is 5.92 Å². The number of nitrogens with zero attached hydrogens (tertiary/aromatic N) is 1. The Kier molecular flexibility index (Phi) is 3.91. The molecule has 0 saturated carbocycles. The van der Waals surface area contributed by atoms with Crippen molar-refractivity contribution in [2.45, 2.75) is 25.8 Å². The maximum absolute atomic E-state index is 6.32. The summed E-state index contributed by atoms with van der Waals surface area (Å²) in [5.74, 6) is 1.30. The quantitative estimate of drug-likeness (QED) is 0.814. The molecule has 16 heavy (non-hydrogen) atoms. The van der Waals surface area contributed by atoms with Gasteiger partial charge in [-0.15, -0.1) is 0 Å². The molecule has 1 fully saturated rings. The summed E-state index contributed by atoms with van der Waals surface area (Å²) in [7, 11) is 0. The Bertz CT molecular complexity index is 306. The van der Waals surface area contributed by atoms with Crippen molar-refractivity contribution in [3.8, 4) is 0 Å². The van der Waals surface area contributed by atoms with Crippen molar-refractivity contribution in [3.63, 3.8) is 0 Å². The minimum atomic E-state index is 0.145. The highest BCUT2D eigenvalue weighted by molar-refractivity contribution is 5.15. The molecule has 2 rings (SSSR count). The van der Waals surface area contributed by atoms with E-state index in [1.807, 2.05) is 24.5 Å². The molecular weight excluding hydrogens is 198 g/mol. The van der Waals surface area contributed by atoms with Gasteiger partial charge in [0, 0.05) is 18.4 Å². The predicted molar refractivity (Wildman–Crippen MR) is 65.9 cm³/mol. The number of nitrogens with two attached hydrogens (primary N) is 1. The van der Waals surface area contributed by atoms with Crippen molar-refractivity contribution in [2.24, 2.45) is 17.6 Å². The lowest BCUT2D eigenvalue weighted by Gasteiger charge is -2.32. The fraction of sp³-hybridized carbons (Fsp3) is 0.615. The molecule has 1 aromatic rings. The summed E-state index contributed by atoms with van der Waals surface area (Å²) >= 11 is 0. The molecule has 1 aliphatic rings. The zero-order valence-electron chi connectivity index (χ0n) is 9.89. The number of pyridine rings is 1. The van der Waals surface area contributed by atoms with Crippen LogP contribution in [0, 0.1) is 11.8 Å². The van der Waals surface area contributed by atoms with Crippen LogP contribution in [0.3, 0.4) is 0 Å². The zero-order valence-corrected chi connectivity index (χ0v) is 9.89. The molecule has 3 N–H and O–H groups in total. The maximum Gasteiger partial charge on any atom is 0.0324 e. The molecule has 0 spiro atoms. The van der Waals surface area contributed by atoms with Crippen molar-refractivity contribution < 1.29 is 0 Å². The molecule has 2 heterocycles. The van der Waals surface area contributed by atoms with Crippen LogP contribution in [0.2, 0.25) is 0 Å². The Morgan fingerprint density at radius 3 is 2.56 bits per heavy atom. The van der Waals surface area contributed by atoms with Crippen molar-refractivity contribution >= 4 is 0 Å². The lowest BCUT2D eigenvalue weighted by molar-refractivity contribution is 0.243. The SMILES string of the molecule is CC(C1CCNCC1)C(N)c1ccncc1. The number of nitrogens with one attached hydrogen (secondary N) is 1. The third-order valence-electron chi connectivity index (χ3n) is 3.78. The van der Waals surface area contributed by atoms with Gasteiger partial charge >= 0.3 is 0 Å². The molecule has 2 atom stereocenters. The summed E-state index contributed by atoms with van der Waals surface area (Å²) in [6.07, 6.45) is 6.15. The topological polar surface area (TPSA) is 50.9 Å². The van der Waals surface area contributed by atoms with E-state index in [2.05, 4.69) is 17.2 Å². The van der Waals surface area contributed by atoms with Crippen LogP contribution in [0.5, 0.6) is 0 Å². The Morgan fingerprint density at radius 2 is 1.94 bits per heavy atom. The first-order valence-corrected chi connectivity index (χ1v) is 6.15. The molecule has 2 unspecified atom stereocenters. The van der Waals surface area contributed by atoms with E-state index in [1.165, 1.54) is 18.4 Å². The third-order valence-corrected chi connectivity index (χ3v) is 3.78. The van der Waals surface area contributed by atoms with E-state index < -0.39 is 0 Å². The normalized spacial score (nSPS) is 21.6. The zero-order chi connectivity index (χ0) is 11.4. The first kappa shape index (κ1) is 11.6. The number of aromatic nitrogens is 1. The van der Waals surface area contributed by atoms with Gasteiger partial charge in [-0.05, 0) is 55.5 Å². The molecule has 0 aromatic carbocycles. The van der Waals surface area contributed by atoms with Gasteiger partial charge < -0.3 is 11.1 Å². The number of hydrogen-bond acceptors (Lipinski definition) is 3. The number of hydrogen-bond donors (Lipinski definition) is 2. The van der Waals surface area contributed by atoms with E-state index in [4.69, 9.17) is 5.73 Å². The van der Waals surface area contributed by atoms with Gasteiger partial charge in [0.2, 0.25) is 0 Å². The maximum atomic E-state index is 6.32. The monoisotopic (exact) mass is 219 g/mol. The van der Waals surface area contributed by atoms with Gasteiger partial charge in [0.1, 0.15) is 0 Å². The van der Waals surface area contributed by atoms with E-state index in [0.717, 1.165) is 19.0 Å². The second-order valence-electron chi connectivity index (χ2n) is 4.75. The summed E-state index contributed by atoms with van der Waals surface area (Å²) in [5, 5.41) is 3.40. The van der Waals surface area contributed by atoms with Crippen LogP contribution in [0.25, 0.3) is 0 Å². The summed E-state index contributed by atoms with van der Waals surface area (Å²) in [6, 6.07) is 4.20. The fourth-order valence-corrected chi connectivity index (χ4v) is 2.55. The summed E-state index contributed by atoms with van der Waals surface area (Å²) in [4.78, 5) is 4.03. The molecular formula is C13H21N3. The van der Waals surface area contributed by atoms with Crippen molar-refractivity contribution in [3.05, 3.63) is 30.1 Å². The Balaban J connectivity index is 2.00. The van der Waals surface area contributed by atoms with Crippen LogP contribution < -0.4 is 11.1 Å². The third kappa shape index (κ3) is 2.60. The smallest absolute Gasteiger partial charge is 0.0324 e. The van der Waals surface area contributed by atoms with E-state index in [-0.39, 0.29) is 6.04 Å². The highest BCUT2D eigenvalue weighted by Crippen LogP contribution is 2.30. The first-order chi connectivity index (χ1) is 7.79. The standard InChI is InChI=1S/C13H21N3/c1-10(11-2-6-15-7-3-11)13(14)12-4-8-16-9-5-12/h4-5,8-11,13,15H,2-3,6-7,14H2,1H3.